The fourth-order valence-corrected chi connectivity index (χ4v) is 2.24. The number of aromatic nitrogens is 1. The quantitative estimate of drug-likeness (QED) is 0.614. The van der Waals surface area contributed by atoms with Crippen LogP contribution < -0.4 is 15.4 Å². The van der Waals surface area contributed by atoms with Crippen molar-refractivity contribution in [2.45, 2.75) is 13.8 Å². The Hall–Kier alpha value is -3.35. The number of anilines is 1. The van der Waals surface area contributed by atoms with Crippen molar-refractivity contribution >= 4 is 17.5 Å². The fourth-order valence-electron chi connectivity index (χ4n) is 2.24. The average Bonchev–Trinajstić information content (AvgIpc) is 3.19. The first kappa shape index (κ1) is 19.0. The molecule has 0 fully saturated rings. The molecule has 7 heteroatoms. The molecule has 0 aliphatic rings. The standard InChI is InChI=1S/C19H21N3O4/c1-4-6-13(5-2)10-21-18(23)19(24)22-14-7-8-15(16(9-14)25-3)17-11-20-12-26-17/h4-9,11-12H,10H2,1-3H3,(H,21,23)(H,22,24). The maximum atomic E-state index is 12.1. The number of hydrogen-bond donors (Lipinski definition) is 2. The topological polar surface area (TPSA) is 93.5 Å². The van der Waals surface area contributed by atoms with Gasteiger partial charge in [-0.05, 0) is 31.6 Å². The second kappa shape index (κ2) is 9.22. The molecule has 0 saturated heterocycles. The highest BCUT2D eigenvalue weighted by atomic mass is 16.5. The summed E-state index contributed by atoms with van der Waals surface area (Å²) in [5.41, 5.74) is 2.04. The molecule has 1 aromatic heterocycles. The summed E-state index contributed by atoms with van der Waals surface area (Å²) in [6.45, 7) is 4.03. The highest BCUT2D eigenvalue weighted by molar-refractivity contribution is 6.39. The molecule has 2 rings (SSSR count). The second-order valence-corrected chi connectivity index (χ2v) is 5.28. The van der Waals surface area contributed by atoms with Crippen LogP contribution >= 0.6 is 0 Å². The number of rotatable bonds is 6. The van der Waals surface area contributed by atoms with Crippen molar-refractivity contribution in [3.05, 3.63) is 54.6 Å². The number of nitrogens with zero attached hydrogens (tertiary/aromatic N) is 1. The zero-order chi connectivity index (χ0) is 18.9. The van der Waals surface area contributed by atoms with Gasteiger partial charge in [0.25, 0.3) is 0 Å². The molecule has 136 valence electrons. The van der Waals surface area contributed by atoms with Crippen molar-refractivity contribution in [3.8, 4) is 17.1 Å². The summed E-state index contributed by atoms with van der Waals surface area (Å²) in [6.07, 6.45) is 8.48. The summed E-state index contributed by atoms with van der Waals surface area (Å²) in [6, 6.07) is 4.99. The molecule has 7 nitrogen and oxygen atoms in total. The maximum Gasteiger partial charge on any atom is 0.313 e. The van der Waals surface area contributed by atoms with Crippen LogP contribution in [0.1, 0.15) is 13.8 Å². The molecule has 0 atom stereocenters. The molecule has 0 unspecified atom stereocenters. The monoisotopic (exact) mass is 355 g/mol. The Labute approximate surface area is 151 Å². The number of allylic oxidation sites excluding steroid dienone is 2. The Kier molecular flexibility index (Phi) is 6.73. The molecule has 0 spiro atoms. The highest BCUT2D eigenvalue weighted by Crippen LogP contribution is 2.32. The summed E-state index contributed by atoms with van der Waals surface area (Å²) in [5, 5.41) is 5.12. The van der Waals surface area contributed by atoms with E-state index in [0.717, 1.165) is 5.57 Å². The van der Waals surface area contributed by atoms with E-state index in [1.807, 2.05) is 32.1 Å². The summed E-state index contributed by atoms with van der Waals surface area (Å²) >= 11 is 0. The van der Waals surface area contributed by atoms with E-state index in [4.69, 9.17) is 9.15 Å². The van der Waals surface area contributed by atoms with E-state index in [2.05, 4.69) is 15.6 Å². The number of benzene rings is 1. The van der Waals surface area contributed by atoms with Crippen LogP contribution in [0.2, 0.25) is 0 Å². The van der Waals surface area contributed by atoms with E-state index in [0.29, 0.717) is 22.8 Å². The molecule has 1 aromatic carbocycles. The van der Waals surface area contributed by atoms with Crippen molar-refractivity contribution in [2.75, 3.05) is 19.0 Å². The predicted molar refractivity (Wildman–Crippen MR) is 98.7 cm³/mol. The van der Waals surface area contributed by atoms with Crippen LogP contribution in [-0.2, 0) is 9.59 Å². The highest BCUT2D eigenvalue weighted by Gasteiger charge is 2.15. The Bertz CT molecular complexity index is 823. The Morgan fingerprint density at radius 2 is 2.08 bits per heavy atom. The van der Waals surface area contributed by atoms with Crippen molar-refractivity contribution in [3.63, 3.8) is 0 Å². The molecule has 0 saturated carbocycles. The summed E-state index contributed by atoms with van der Waals surface area (Å²) in [7, 11) is 1.51. The molecular weight excluding hydrogens is 334 g/mol. The van der Waals surface area contributed by atoms with Crippen LogP contribution in [0.4, 0.5) is 5.69 Å². The van der Waals surface area contributed by atoms with Crippen LogP contribution in [-0.4, -0.2) is 30.5 Å². The van der Waals surface area contributed by atoms with E-state index >= 15 is 0 Å². The van der Waals surface area contributed by atoms with E-state index in [9.17, 15) is 9.59 Å². The number of methoxy groups -OCH3 is 1. The Morgan fingerprint density at radius 1 is 1.27 bits per heavy atom. The molecule has 0 aliphatic heterocycles. The lowest BCUT2D eigenvalue weighted by atomic mass is 10.1. The minimum Gasteiger partial charge on any atom is -0.496 e. The van der Waals surface area contributed by atoms with Crippen molar-refractivity contribution in [1.29, 1.82) is 0 Å². The van der Waals surface area contributed by atoms with Gasteiger partial charge in [-0.15, -0.1) is 0 Å². The number of nitrogens with one attached hydrogen (secondary N) is 2. The zero-order valence-electron chi connectivity index (χ0n) is 14.9. The number of ether oxygens (including phenoxy) is 1. The Morgan fingerprint density at radius 3 is 2.69 bits per heavy atom. The molecule has 2 amide bonds. The number of hydrogen-bond acceptors (Lipinski definition) is 5. The first-order valence-corrected chi connectivity index (χ1v) is 8.03. The van der Waals surface area contributed by atoms with Gasteiger partial charge in [0.15, 0.2) is 12.2 Å². The number of oxazole rings is 1. The van der Waals surface area contributed by atoms with Crippen LogP contribution in [0.15, 0.2) is 59.0 Å². The molecule has 0 aliphatic carbocycles. The zero-order valence-corrected chi connectivity index (χ0v) is 14.9. The molecule has 26 heavy (non-hydrogen) atoms. The van der Waals surface area contributed by atoms with Gasteiger partial charge < -0.3 is 19.8 Å². The van der Waals surface area contributed by atoms with E-state index in [-0.39, 0.29) is 6.54 Å². The van der Waals surface area contributed by atoms with E-state index in [1.54, 1.807) is 24.4 Å². The van der Waals surface area contributed by atoms with Crippen molar-refractivity contribution in [1.82, 2.24) is 10.3 Å². The van der Waals surface area contributed by atoms with Gasteiger partial charge in [-0.2, -0.15) is 0 Å². The van der Waals surface area contributed by atoms with Gasteiger partial charge in [0.1, 0.15) is 5.75 Å². The van der Waals surface area contributed by atoms with Gasteiger partial charge in [0.05, 0.1) is 18.9 Å². The van der Waals surface area contributed by atoms with Crippen molar-refractivity contribution in [2.24, 2.45) is 0 Å². The van der Waals surface area contributed by atoms with Crippen LogP contribution in [0.3, 0.4) is 0 Å². The van der Waals surface area contributed by atoms with Crippen LogP contribution in [0.25, 0.3) is 11.3 Å². The first-order valence-electron chi connectivity index (χ1n) is 8.03. The third kappa shape index (κ3) is 4.83. The predicted octanol–water partition coefficient (Wildman–Crippen LogP) is 2.93. The van der Waals surface area contributed by atoms with Gasteiger partial charge in [0, 0.05) is 18.3 Å². The van der Waals surface area contributed by atoms with Gasteiger partial charge in [-0.1, -0.05) is 18.2 Å². The molecule has 2 N–H and O–H groups in total. The van der Waals surface area contributed by atoms with E-state index < -0.39 is 11.8 Å². The lowest BCUT2D eigenvalue weighted by molar-refractivity contribution is -0.136. The molecular formula is C19H21N3O4. The summed E-state index contributed by atoms with van der Waals surface area (Å²) in [4.78, 5) is 27.9. The van der Waals surface area contributed by atoms with Gasteiger partial charge in [0.2, 0.25) is 0 Å². The van der Waals surface area contributed by atoms with Gasteiger partial charge in [-0.3, -0.25) is 9.59 Å². The normalized spacial score (nSPS) is 11.4. The van der Waals surface area contributed by atoms with E-state index in [1.165, 1.54) is 13.5 Å². The molecule has 2 aromatic rings. The average molecular weight is 355 g/mol. The number of amides is 2. The van der Waals surface area contributed by atoms with Gasteiger partial charge in [-0.25, -0.2) is 4.98 Å². The molecule has 1 heterocycles. The van der Waals surface area contributed by atoms with Crippen LogP contribution in [0.5, 0.6) is 5.75 Å². The lowest BCUT2D eigenvalue weighted by Gasteiger charge is -2.10. The molecule has 0 bridgehead atoms. The fraction of sp³-hybridized carbons (Fsp3) is 0.211. The third-order valence-corrected chi connectivity index (χ3v) is 3.57. The second-order valence-electron chi connectivity index (χ2n) is 5.28. The Balaban J connectivity index is 2.03. The minimum atomic E-state index is -0.754. The number of carbonyl (C=O) groups is 2. The van der Waals surface area contributed by atoms with Gasteiger partial charge >= 0.3 is 11.8 Å². The smallest absolute Gasteiger partial charge is 0.313 e. The lowest BCUT2D eigenvalue weighted by Crippen LogP contribution is -2.36. The third-order valence-electron chi connectivity index (χ3n) is 3.57. The SMILES string of the molecule is CC=CC(=CC)CNC(=O)C(=O)Nc1ccc(-c2cnco2)c(OC)c1. The van der Waals surface area contributed by atoms with Crippen molar-refractivity contribution < 1.29 is 18.7 Å². The molecule has 0 radical (unpaired) electrons. The first-order chi connectivity index (χ1) is 12.6. The summed E-state index contributed by atoms with van der Waals surface area (Å²) < 4.78 is 10.6. The number of carbonyl (C=O) groups excluding carboxylic acids is 2. The van der Waals surface area contributed by atoms with Crippen LogP contribution in [0, 0.1) is 0 Å². The summed E-state index contributed by atoms with van der Waals surface area (Å²) in [5.74, 6) is -0.438. The minimum absolute atomic E-state index is 0.279. The largest absolute Gasteiger partial charge is 0.496 e. The maximum absolute atomic E-state index is 12.1.